The maximum absolute atomic E-state index is 12.8. The fourth-order valence-electron chi connectivity index (χ4n) is 3.59. The number of rotatable bonds is 9. The van der Waals surface area contributed by atoms with Crippen molar-refractivity contribution in [2.24, 2.45) is 0 Å². The summed E-state index contributed by atoms with van der Waals surface area (Å²) in [5.41, 5.74) is 2.35. The molecule has 1 atom stereocenters. The second-order valence-electron chi connectivity index (χ2n) is 7.08. The van der Waals surface area contributed by atoms with Gasteiger partial charge in [-0.05, 0) is 30.7 Å². The number of benzene rings is 2. The molecule has 3 aromatic rings. The molecule has 1 aromatic heterocycles. The summed E-state index contributed by atoms with van der Waals surface area (Å²) in [6, 6.07) is 8.31. The molecule has 0 aliphatic heterocycles. The number of hydrogen-bond acceptors (Lipinski definition) is 6. The van der Waals surface area contributed by atoms with Gasteiger partial charge in [-0.25, -0.2) is 5.48 Å². The first-order valence-electron chi connectivity index (χ1n) is 9.99. The van der Waals surface area contributed by atoms with E-state index in [1.165, 1.54) is 29.7 Å². The van der Waals surface area contributed by atoms with Crippen LogP contribution in [0.2, 0.25) is 0 Å². The minimum Gasteiger partial charge on any atom is -0.494 e. The second-order valence-corrected chi connectivity index (χ2v) is 7.08. The number of nitrogens with one attached hydrogen (secondary N) is 2. The fourth-order valence-corrected chi connectivity index (χ4v) is 3.59. The van der Waals surface area contributed by atoms with Crippen LogP contribution < -0.4 is 20.3 Å². The summed E-state index contributed by atoms with van der Waals surface area (Å²) in [5, 5.41) is 23.7. The lowest BCUT2D eigenvalue weighted by atomic mass is 10.0. The minimum atomic E-state index is -3.06. The first-order valence-corrected chi connectivity index (χ1v) is 9.99. The van der Waals surface area contributed by atoms with E-state index in [0.717, 1.165) is 0 Å². The number of ether oxygens (including phenoxy) is 2. The van der Waals surface area contributed by atoms with Gasteiger partial charge in [0.05, 0.1) is 30.1 Å². The molecule has 2 aromatic carbocycles. The Morgan fingerprint density at radius 3 is 2.58 bits per heavy atom. The smallest absolute Gasteiger partial charge is 0.387 e. The van der Waals surface area contributed by atoms with Crippen molar-refractivity contribution in [3.05, 3.63) is 48.2 Å². The lowest BCUT2D eigenvalue weighted by Gasteiger charge is -2.21. The van der Waals surface area contributed by atoms with Crippen molar-refractivity contribution >= 4 is 28.3 Å². The van der Waals surface area contributed by atoms with E-state index in [9.17, 15) is 23.5 Å². The Morgan fingerprint density at radius 1 is 1.18 bits per heavy atom. The minimum absolute atomic E-state index is 0.0276. The van der Waals surface area contributed by atoms with Gasteiger partial charge in [0.1, 0.15) is 0 Å². The van der Waals surface area contributed by atoms with Crippen LogP contribution in [0.1, 0.15) is 31.9 Å². The predicted molar refractivity (Wildman–Crippen MR) is 115 cm³/mol. The number of anilines is 1. The van der Waals surface area contributed by atoms with Gasteiger partial charge in [-0.3, -0.25) is 14.8 Å². The van der Waals surface area contributed by atoms with Crippen molar-refractivity contribution in [3.8, 4) is 17.4 Å². The highest BCUT2D eigenvalue weighted by molar-refractivity contribution is 6.04. The number of fused-ring (bicyclic) bond motifs is 1. The molecule has 11 heteroatoms. The molecule has 0 saturated heterocycles. The molecule has 33 heavy (non-hydrogen) atoms. The standard InChI is InChI=1S/C22H23F2N3O6/c1-3-32-18-9-13(7-8-17(18)33-22(23)24)16(10-19(29)26-31)27-11-14-5-4-6-15(25-12(2)28)20(14)21(27)30/h4-9,11,16,22,30-31H,3,10H2,1-2H3,(H,25,28)(H,26,29). The van der Waals surface area contributed by atoms with Gasteiger partial charge >= 0.3 is 6.61 Å². The number of amides is 2. The normalized spacial score (nSPS) is 11.9. The van der Waals surface area contributed by atoms with E-state index in [1.807, 2.05) is 0 Å². The number of hydroxylamine groups is 1. The zero-order valence-corrected chi connectivity index (χ0v) is 17.8. The summed E-state index contributed by atoms with van der Waals surface area (Å²) in [4.78, 5) is 23.6. The maximum atomic E-state index is 12.8. The van der Waals surface area contributed by atoms with Crippen LogP contribution >= 0.6 is 0 Å². The fraction of sp³-hybridized carbons (Fsp3) is 0.273. The van der Waals surface area contributed by atoms with Crippen molar-refractivity contribution in [3.63, 3.8) is 0 Å². The van der Waals surface area contributed by atoms with Crippen LogP contribution in [-0.2, 0) is 9.59 Å². The molecular weight excluding hydrogens is 440 g/mol. The van der Waals surface area contributed by atoms with E-state index in [-0.39, 0.29) is 36.3 Å². The Balaban J connectivity index is 2.15. The molecule has 1 heterocycles. The van der Waals surface area contributed by atoms with Gasteiger partial charge in [0.25, 0.3) is 0 Å². The van der Waals surface area contributed by atoms with Crippen LogP contribution in [0.5, 0.6) is 17.4 Å². The van der Waals surface area contributed by atoms with Crippen molar-refractivity contribution in [1.82, 2.24) is 10.0 Å². The lowest BCUT2D eigenvalue weighted by molar-refractivity contribution is -0.129. The van der Waals surface area contributed by atoms with Crippen LogP contribution in [0.3, 0.4) is 0 Å². The molecule has 0 aliphatic carbocycles. The number of halogens is 2. The molecule has 0 spiro atoms. The zero-order chi connectivity index (χ0) is 24.1. The maximum Gasteiger partial charge on any atom is 0.387 e. The monoisotopic (exact) mass is 463 g/mol. The summed E-state index contributed by atoms with van der Waals surface area (Å²) in [6.45, 7) is 0.115. The van der Waals surface area contributed by atoms with E-state index < -0.39 is 18.6 Å². The summed E-state index contributed by atoms with van der Waals surface area (Å²) in [5.74, 6) is -1.47. The van der Waals surface area contributed by atoms with Crippen molar-refractivity contribution < 1.29 is 38.2 Å². The number of aromatic hydroxyl groups is 1. The number of alkyl halides is 2. The number of aromatic nitrogens is 1. The number of carbonyl (C=O) groups excluding carboxylic acids is 2. The zero-order valence-electron chi connectivity index (χ0n) is 17.8. The Hall–Kier alpha value is -3.86. The molecule has 2 amide bonds. The summed E-state index contributed by atoms with van der Waals surface area (Å²) in [6.07, 6.45) is 1.27. The van der Waals surface area contributed by atoms with E-state index in [4.69, 9.17) is 9.94 Å². The third kappa shape index (κ3) is 5.32. The molecule has 176 valence electrons. The van der Waals surface area contributed by atoms with Crippen molar-refractivity contribution in [2.45, 2.75) is 32.9 Å². The van der Waals surface area contributed by atoms with Gasteiger partial charge in [-0.1, -0.05) is 18.2 Å². The summed E-state index contributed by atoms with van der Waals surface area (Å²) < 4.78 is 36.8. The van der Waals surface area contributed by atoms with Crippen LogP contribution in [0.4, 0.5) is 14.5 Å². The molecule has 9 nitrogen and oxygen atoms in total. The lowest BCUT2D eigenvalue weighted by Crippen LogP contribution is -2.24. The molecule has 0 bridgehead atoms. The van der Waals surface area contributed by atoms with Crippen molar-refractivity contribution in [1.29, 1.82) is 0 Å². The Morgan fingerprint density at radius 2 is 1.94 bits per heavy atom. The topological polar surface area (TPSA) is 122 Å². The molecule has 0 saturated carbocycles. The van der Waals surface area contributed by atoms with E-state index in [0.29, 0.717) is 22.0 Å². The average Bonchev–Trinajstić information content (AvgIpc) is 3.10. The Bertz CT molecular complexity index is 1160. The molecule has 3 rings (SSSR count). The van der Waals surface area contributed by atoms with Gasteiger partial charge in [0, 0.05) is 18.5 Å². The van der Waals surface area contributed by atoms with Gasteiger partial charge in [-0.2, -0.15) is 8.78 Å². The van der Waals surface area contributed by atoms with Gasteiger partial charge in [0.2, 0.25) is 17.7 Å². The summed E-state index contributed by atoms with van der Waals surface area (Å²) in [7, 11) is 0. The van der Waals surface area contributed by atoms with Crippen LogP contribution in [0.15, 0.2) is 42.6 Å². The van der Waals surface area contributed by atoms with Gasteiger partial charge in [-0.15, -0.1) is 0 Å². The first-order chi connectivity index (χ1) is 15.7. The third-order valence-corrected chi connectivity index (χ3v) is 4.86. The van der Waals surface area contributed by atoms with Crippen LogP contribution in [0, 0.1) is 0 Å². The number of hydrogen-bond donors (Lipinski definition) is 4. The highest BCUT2D eigenvalue weighted by atomic mass is 19.3. The quantitative estimate of drug-likeness (QED) is 0.283. The predicted octanol–water partition coefficient (Wildman–Crippen LogP) is 3.79. The van der Waals surface area contributed by atoms with Crippen LogP contribution in [-0.4, -0.2) is 39.9 Å². The van der Waals surface area contributed by atoms with E-state index in [2.05, 4.69) is 10.1 Å². The Kier molecular flexibility index (Phi) is 7.34. The van der Waals surface area contributed by atoms with Crippen molar-refractivity contribution in [2.75, 3.05) is 11.9 Å². The molecule has 0 fully saturated rings. The largest absolute Gasteiger partial charge is 0.494 e. The van der Waals surface area contributed by atoms with E-state index in [1.54, 1.807) is 36.8 Å². The highest BCUT2D eigenvalue weighted by Crippen LogP contribution is 2.40. The molecule has 4 N–H and O–H groups in total. The number of nitrogens with zero attached hydrogens (tertiary/aromatic N) is 1. The van der Waals surface area contributed by atoms with Crippen LogP contribution in [0.25, 0.3) is 10.8 Å². The van der Waals surface area contributed by atoms with Gasteiger partial charge in [0.15, 0.2) is 11.5 Å². The first kappa shape index (κ1) is 23.8. The summed E-state index contributed by atoms with van der Waals surface area (Å²) >= 11 is 0. The van der Waals surface area contributed by atoms with E-state index >= 15 is 0 Å². The average molecular weight is 463 g/mol. The Labute approximate surface area is 187 Å². The molecule has 0 radical (unpaired) electrons. The van der Waals surface area contributed by atoms with Gasteiger partial charge < -0.3 is 24.5 Å². The SMILES string of the molecule is CCOc1cc(C(CC(=O)NO)n2cc3cccc(NC(C)=O)c3c2O)ccc1OC(F)F. The molecule has 1 unspecified atom stereocenters. The molecular formula is C22H23F2N3O6. The number of carbonyl (C=O) groups is 2. The second kappa shape index (κ2) is 10.2. The molecule has 0 aliphatic rings. The third-order valence-electron chi connectivity index (χ3n) is 4.86. The highest BCUT2D eigenvalue weighted by Gasteiger charge is 2.25.